The van der Waals surface area contributed by atoms with Crippen LogP contribution in [0.5, 0.6) is 5.75 Å². The third-order valence-corrected chi connectivity index (χ3v) is 7.40. The summed E-state index contributed by atoms with van der Waals surface area (Å²) in [5, 5.41) is 0. The molecule has 1 aromatic carbocycles. The highest BCUT2D eigenvalue weighted by Crippen LogP contribution is 2.28. The second-order valence-corrected chi connectivity index (χ2v) is 10.6. The van der Waals surface area contributed by atoms with Crippen LogP contribution in [0.15, 0.2) is 24.3 Å². The second-order valence-electron chi connectivity index (χ2n) is 8.42. The molecule has 1 aromatic rings. The van der Waals surface area contributed by atoms with Gasteiger partial charge in [-0.1, -0.05) is 19.3 Å². The topological polar surface area (TPSA) is 90.0 Å². The molecule has 3 rings (SSSR count). The standard InChI is InChI=1S/C22H31NO6S/c1-16(2)29-20-10-8-17(9-11-20)22(25)28-14-21(24)23(18-6-4-3-5-7-18)19-12-13-30(26,27)15-19/h8-11,16,18-19H,3-7,12-15H2,1-2H3. The molecule has 166 valence electrons. The van der Waals surface area contributed by atoms with E-state index in [1.807, 2.05) is 13.8 Å². The molecular formula is C22H31NO6S. The molecule has 7 nitrogen and oxygen atoms in total. The third-order valence-electron chi connectivity index (χ3n) is 5.65. The molecule has 30 heavy (non-hydrogen) atoms. The number of rotatable bonds is 7. The molecule has 8 heteroatoms. The quantitative estimate of drug-likeness (QED) is 0.609. The van der Waals surface area contributed by atoms with Gasteiger partial charge in [-0.05, 0) is 57.4 Å². The lowest BCUT2D eigenvalue weighted by Crippen LogP contribution is -2.50. The van der Waals surface area contributed by atoms with Crippen molar-refractivity contribution in [2.45, 2.75) is 70.6 Å². The Bertz CT molecular complexity index is 843. The number of hydrogen-bond acceptors (Lipinski definition) is 6. The Hall–Kier alpha value is -2.09. The van der Waals surface area contributed by atoms with Gasteiger partial charge in [0.05, 0.1) is 23.2 Å². The molecule has 1 aliphatic heterocycles. The van der Waals surface area contributed by atoms with Crippen LogP contribution >= 0.6 is 0 Å². The highest BCUT2D eigenvalue weighted by molar-refractivity contribution is 7.91. The molecular weight excluding hydrogens is 406 g/mol. The van der Waals surface area contributed by atoms with E-state index in [9.17, 15) is 18.0 Å². The average Bonchev–Trinajstić information content (AvgIpc) is 3.06. The summed E-state index contributed by atoms with van der Waals surface area (Å²) in [5.41, 5.74) is 0.339. The Kier molecular flexibility index (Phi) is 7.39. The van der Waals surface area contributed by atoms with E-state index in [4.69, 9.17) is 9.47 Å². The highest BCUT2D eigenvalue weighted by atomic mass is 32.2. The summed E-state index contributed by atoms with van der Waals surface area (Å²) in [6, 6.07) is 6.29. The van der Waals surface area contributed by atoms with Crippen LogP contribution in [0.25, 0.3) is 0 Å². The largest absolute Gasteiger partial charge is 0.491 e. The van der Waals surface area contributed by atoms with E-state index < -0.39 is 15.8 Å². The lowest BCUT2D eigenvalue weighted by molar-refractivity contribution is -0.140. The van der Waals surface area contributed by atoms with Gasteiger partial charge in [0.25, 0.3) is 5.91 Å². The summed E-state index contributed by atoms with van der Waals surface area (Å²) in [5.74, 6) is -0.123. The van der Waals surface area contributed by atoms with Crippen LogP contribution in [0.1, 0.15) is 62.7 Å². The number of carbonyl (C=O) groups is 2. The molecule has 1 unspecified atom stereocenters. The monoisotopic (exact) mass is 437 g/mol. The van der Waals surface area contributed by atoms with Gasteiger partial charge in [-0.2, -0.15) is 0 Å². The number of benzene rings is 1. The molecule has 2 aliphatic rings. The van der Waals surface area contributed by atoms with Crippen LogP contribution in [0.4, 0.5) is 0 Å². The maximum absolute atomic E-state index is 13.0. The Morgan fingerprint density at radius 3 is 2.27 bits per heavy atom. The predicted molar refractivity (Wildman–Crippen MR) is 113 cm³/mol. The molecule has 1 saturated carbocycles. The van der Waals surface area contributed by atoms with Crippen molar-refractivity contribution >= 4 is 21.7 Å². The summed E-state index contributed by atoms with van der Waals surface area (Å²) in [6.07, 6.45) is 5.41. The Morgan fingerprint density at radius 2 is 1.70 bits per heavy atom. The summed E-state index contributed by atoms with van der Waals surface area (Å²) < 4.78 is 34.8. The first-order chi connectivity index (χ1) is 14.2. The summed E-state index contributed by atoms with van der Waals surface area (Å²) in [6.45, 7) is 3.46. The number of amides is 1. The first-order valence-electron chi connectivity index (χ1n) is 10.7. The molecule has 1 aliphatic carbocycles. The van der Waals surface area contributed by atoms with E-state index in [0.717, 1.165) is 32.1 Å². The highest BCUT2D eigenvalue weighted by Gasteiger charge is 2.38. The van der Waals surface area contributed by atoms with Gasteiger partial charge in [0.15, 0.2) is 16.4 Å². The lowest BCUT2D eigenvalue weighted by atomic mass is 9.93. The molecule has 0 aromatic heterocycles. The van der Waals surface area contributed by atoms with Gasteiger partial charge in [0, 0.05) is 12.1 Å². The summed E-state index contributed by atoms with van der Waals surface area (Å²) in [4.78, 5) is 27.1. The van der Waals surface area contributed by atoms with Crippen molar-refractivity contribution in [3.63, 3.8) is 0 Å². The molecule has 0 radical (unpaired) electrons. The van der Waals surface area contributed by atoms with E-state index in [-0.39, 0.29) is 42.2 Å². The maximum Gasteiger partial charge on any atom is 0.338 e. The van der Waals surface area contributed by atoms with E-state index >= 15 is 0 Å². The molecule has 2 fully saturated rings. The van der Waals surface area contributed by atoms with Crippen LogP contribution in [0, 0.1) is 0 Å². The van der Waals surface area contributed by atoms with E-state index in [2.05, 4.69) is 0 Å². The van der Waals surface area contributed by atoms with E-state index in [1.165, 1.54) is 0 Å². The van der Waals surface area contributed by atoms with Crippen LogP contribution in [-0.4, -0.2) is 61.5 Å². The molecule has 0 N–H and O–H groups in total. The van der Waals surface area contributed by atoms with Crippen molar-refractivity contribution in [3.05, 3.63) is 29.8 Å². The van der Waals surface area contributed by atoms with Gasteiger partial charge in [-0.15, -0.1) is 0 Å². The smallest absolute Gasteiger partial charge is 0.338 e. The van der Waals surface area contributed by atoms with Gasteiger partial charge < -0.3 is 14.4 Å². The normalized spacial score (nSPS) is 21.4. The summed E-state index contributed by atoms with van der Waals surface area (Å²) >= 11 is 0. The molecule has 1 heterocycles. The van der Waals surface area contributed by atoms with Crippen LogP contribution in [0.3, 0.4) is 0 Å². The Morgan fingerprint density at radius 1 is 1.03 bits per heavy atom. The zero-order valence-electron chi connectivity index (χ0n) is 17.7. The minimum atomic E-state index is -3.11. The zero-order chi connectivity index (χ0) is 21.7. The van der Waals surface area contributed by atoms with E-state index in [0.29, 0.717) is 17.7 Å². The van der Waals surface area contributed by atoms with Crippen LogP contribution < -0.4 is 4.74 Å². The fraction of sp³-hybridized carbons (Fsp3) is 0.636. The Labute approximate surface area is 178 Å². The fourth-order valence-corrected chi connectivity index (χ4v) is 6.00. The number of ether oxygens (including phenoxy) is 2. The second kappa shape index (κ2) is 9.81. The van der Waals surface area contributed by atoms with Crippen molar-refractivity contribution in [1.82, 2.24) is 4.90 Å². The number of esters is 1. The van der Waals surface area contributed by atoms with Crippen molar-refractivity contribution in [2.24, 2.45) is 0 Å². The number of sulfone groups is 1. The zero-order valence-corrected chi connectivity index (χ0v) is 18.5. The third kappa shape index (κ3) is 5.97. The fourth-order valence-electron chi connectivity index (χ4n) is 4.29. The predicted octanol–water partition coefficient (Wildman–Crippen LogP) is 2.98. The number of nitrogens with zero attached hydrogens (tertiary/aromatic N) is 1. The average molecular weight is 438 g/mol. The molecule has 0 bridgehead atoms. The van der Waals surface area contributed by atoms with Crippen LogP contribution in [0.2, 0.25) is 0 Å². The maximum atomic E-state index is 13.0. The molecule has 1 amide bonds. The molecule has 1 atom stereocenters. The minimum Gasteiger partial charge on any atom is -0.491 e. The van der Waals surface area contributed by atoms with Gasteiger partial charge in [0.1, 0.15) is 5.75 Å². The molecule has 1 saturated heterocycles. The van der Waals surface area contributed by atoms with Gasteiger partial charge in [-0.3, -0.25) is 4.79 Å². The summed E-state index contributed by atoms with van der Waals surface area (Å²) in [7, 11) is -3.11. The number of hydrogen-bond donors (Lipinski definition) is 0. The first-order valence-corrected chi connectivity index (χ1v) is 12.5. The van der Waals surface area contributed by atoms with Gasteiger partial charge in [-0.25, -0.2) is 13.2 Å². The van der Waals surface area contributed by atoms with Crippen molar-refractivity contribution in [1.29, 1.82) is 0 Å². The lowest BCUT2D eigenvalue weighted by Gasteiger charge is -2.38. The van der Waals surface area contributed by atoms with E-state index in [1.54, 1.807) is 29.2 Å². The first kappa shape index (κ1) is 22.6. The Balaban J connectivity index is 1.62. The molecule has 0 spiro atoms. The van der Waals surface area contributed by atoms with Crippen molar-refractivity contribution < 1.29 is 27.5 Å². The minimum absolute atomic E-state index is 0.000496. The van der Waals surface area contributed by atoms with Gasteiger partial charge >= 0.3 is 5.97 Å². The van der Waals surface area contributed by atoms with Gasteiger partial charge in [0.2, 0.25) is 0 Å². The van der Waals surface area contributed by atoms with Crippen molar-refractivity contribution in [2.75, 3.05) is 18.1 Å². The SMILES string of the molecule is CC(C)Oc1ccc(C(=O)OCC(=O)N(C2CCCCC2)C2CCS(=O)(=O)C2)cc1. The number of carbonyl (C=O) groups excluding carboxylic acids is 2. The van der Waals surface area contributed by atoms with Crippen molar-refractivity contribution in [3.8, 4) is 5.75 Å². The van der Waals surface area contributed by atoms with Crippen LogP contribution in [-0.2, 0) is 19.4 Å².